The molecule has 19 heavy (non-hydrogen) atoms. The molecule has 7 heteroatoms. The largest absolute Gasteiger partial charge is 0.383 e. The summed E-state index contributed by atoms with van der Waals surface area (Å²) in [5.74, 6) is 0. The first kappa shape index (κ1) is 14.2. The van der Waals surface area contributed by atoms with Gasteiger partial charge in [0.05, 0.1) is 40.9 Å². The van der Waals surface area contributed by atoms with Crippen LogP contribution in [0.4, 0.5) is 0 Å². The number of methoxy groups -OCH3 is 1. The zero-order valence-electron chi connectivity index (χ0n) is 11.2. The molecule has 0 saturated carbocycles. The van der Waals surface area contributed by atoms with E-state index in [1.165, 1.54) is 0 Å². The van der Waals surface area contributed by atoms with Crippen molar-refractivity contribution >= 4 is 15.9 Å². The molecule has 0 spiro atoms. The van der Waals surface area contributed by atoms with Crippen molar-refractivity contribution in [2.24, 2.45) is 7.05 Å². The maximum Gasteiger partial charge on any atom is 0.138 e. The number of aryl methyl sites for hydroxylation is 2. The van der Waals surface area contributed by atoms with Crippen molar-refractivity contribution < 1.29 is 9.84 Å². The Kier molecular flexibility index (Phi) is 4.38. The Hall–Kier alpha value is -1.18. The average Bonchev–Trinajstić information content (AvgIpc) is 2.89. The molecule has 0 aliphatic heterocycles. The van der Waals surface area contributed by atoms with Crippen LogP contribution < -0.4 is 0 Å². The topological polar surface area (TPSA) is 65.1 Å². The third kappa shape index (κ3) is 2.88. The molecule has 2 aromatic heterocycles. The van der Waals surface area contributed by atoms with Crippen molar-refractivity contribution in [1.82, 2.24) is 19.6 Å². The van der Waals surface area contributed by atoms with Crippen LogP contribution in [0.1, 0.15) is 23.2 Å². The number of aromatic nitrogens is 4. The van der Waals surface area contributed by atoms with E-state index in [1.807, 2.05) is 20.0 Å². The molecule has 1 unspecified atom stereocenters. The summed E-state index contributed by atoms with van der Waals surface area (Å²) in [6.07, 6.45) is 0.900. The molecular formula is C12H17BrN4O2. The van der Waals surface area contributed by atoms with E-state index in [9.17, 15) is 5.11 Å². The van der Waals surface area contributed by atoms with Gasteiger partial charge in [-0.2, -0.15) is 10.2 Å². The molecule has 104 valence electrons. The monoisotopic (exact) mass is 328 g/mol. The van der Waals surface area contributed by atoms with Crippen molar-refractivity contribution in [3.8, 4) is 0 Å². The molecule has 0 radical (unpaired) electrons. The molecule has 0 fully saturated rings. The fraction of sp³-hybridized carbons (Fsp3) is 0.500. The Morgan fingerprint density at radius 2 is 2.26 bits per heavy atom. The minimum absolute atomic E-state index is 0.540. The predicted molar refractivity (Wildman–Crippen MR) is 73.8 cm³/mol. The number of hydrogen-bond acceptors (Lipinski definition) is 4. The first-order valence-electron chi connectivity index (χ1n) is 5.93. The summed E-state index contributed by atoms with van der Waals surface area (Å²) < 4.78 is 9.24. The van der Waals surface area contributed by atoms with Gasteiger partial charge in [0.15, 0.2) is 0 Å². The summed E-state index contributed by atoms with van der Waals surface area (Å²) >= 11 is 3.42. The van der Waals surface area contributed by atoms with Crippen LogP contribution in [0.15, 0.2) is 16.7 Å². The van der Waals surface area contributed by atoms with Gasteiger partial charge >= 0.3 is 0 Å². The Morgan fingerprint density at radius 1 is 1.53 bits per heavy atom. The Morgan fingerprint density at radius 3 is 2.84 bits per heavy atom. The molecule has 2 aromatic rings. The van der Waals surface area contributed by atoms with Gasteiger partial charge < -0.3 is 9.84 Å². The highest BCUT2D eigenvalue weighted by atomic mass is 79.9. The van der Waals surface area contributed by atoms with Crippen LogP contribution >= 0.6 is 15.9 Å². The number of nitrogens with zero attached hydrogens (tertiary/aromatic N) is 4. The number of ether oxygens (including phenoxy) is 1. The smallest absolute Gasteiger partial charge is 0.138 e. The molecule has 0 saturated heterocycles. The lowest BCUT2D eigenvalue weighted by Gasteiger charge is -2.14. The Labute approximate surface area is 120 Å². The third-order valence-corrected chi connectivity index (χ3v) is 3.53. The van der Waals surface area contributed by atoms with Crippen molar-refractivity contribution in [3.63, 3.8) is 0 Å². The zero-order chi connectivity index (χ0) is 14.0. The molecule has 0 aromatic carbocycles. The van der Waals surface area contributed by atoms with Crippen molar-refractivity contribution in [1.29, 1.82) is 0 Å². The van der Waals surface area contributed by atoms with Crippen LogP contribution in [-0.2, 0) is 18.3 Å². The zero-order valence-corrected chi connectivity index (χ0v) is 12.8. The molecule has 1 N–H and O–H groups in total. The summed E-state index contributed by atoms with van der Waals surface area (Å²) in [5, 5.41) is 19.0. The lowest BCUT2D eigenvalue weighted by atomic mass is 10.1. The fourth-order valence-electron chi connectivity index (χ4n) is 2.03. The Bertz CT molecular complexity index is 564. The highest BCUT2D eigenvalue weighted by molar-refractivity contribution is 9.10. The maximum atomic E-state index is 10.5. The summed E-state index contributed by atoms with van der Waals surface area (Å²) in [7, 11) is 3.45. The molecule has 0 amide bonds. The summed E-state index contributed by atoms with van der Waals surface area (Å²) in [4.78, 5) is 0. The van der Waals surface area contributed by atoms with Crippen LogP contribution in [0.2, 0.25) is 0 Å². The molecule has 6 nitrogen and oxygen atoms in total. The quantitative estimate of drug-likeness (QED) is 0.901. The van der Waals surface area contributed by atoms with E-state index < -0.39 is 6.10 Å². The average molecular weight is 329 g/mol. The minimum Gasteiger partial charge on any atom is -0.383 e. The predicted octanol–water partition coefficient (Wildman–Crippen LogP) is 1.42. The first-order chi connectivity index (χ1) is 9.04. The van der Waals surface area contributed by atoms with Gasteiger partial charge in [0.25, 0.3) is 0 Å². The number of hydrogen-bond donors (Lipinski definition) is 1. The number of aliphatic hydroxyl groups excluding tert-OH is 1. The summed E-state index contributed by atoms with van der Waals surface area (Å²) in [6, 6.07) is 1.87. The van der Waals surface area contributed by atoms with Gasteiger partial charge in [-0.1, -0.05) is 0 Å². The lowest BCUT2D eigenvalue weighted by Crippen LogP contribution is -2.15. The maximum absolute atomic E-state index is 10.5. The molecule has 1 atom stereocenters. The number of rotatable bonds is 5. The summed E-state index contributed by atoms with van der Waals surface area (Å²) in [6.45, 7) is 3.02. The standard InChI is InChI=1S/C12H17BrN4O2/c1-8-6-10(16(2)15-8)12(18)11-9(13)7-14-17(11)4-5-19-3/h6-7,12,18H,4-5H2,1-3H3. The molecule has 2 heterocycles. The van der Waals surface area contributed by atoms with E-state index in [2.05, 4.69) is 26.1 Å². The van der Waals surface area contributed by atoms with Gasteiger partial charge in [-0.25, -0.2) is 0 Å². The number of halogens is 1. The summed E-state index contributed by atoms with van der Waals surface area (Å²) in [5.41, 5.74) is 2.31. The van der Waals surface area contributed by atoms with Crippen LogP contribution in [0, 0.1) is 6.92 Å². The van der Waals surface area contributed by atoms with Gasteiger partial charge in [-0.15, -0.1) is 0 Å². The highest BCUT2D eigenvalue weighted by Gasteiger charge is 2.22. The van der Waals surface area contributed by atoms with Crippen molar-refractivity contribution in [2.45, 2.75) is 19.6 Å². The Balaban J connectivity index is 2.35. The first-order valence-corrected chi connectivity index (χ1v) is 6.72. The van der Waals surface area contributed by atoms with Crippen LogP contribution in [0.25, 0.3) is 0 Å². The second-order valence-corrected chi connectivity index (χ2v) is 5.18. The van der Waals surface area contributed by atoms with Crippen molar-refractivity contribution in [2.75, 3.05) is 13.7 Å². The van der Waals surface area contributed by atoms with E-state index in [0.717, 1.165) is 15.9 Å². The van der Waals surface area contributed by atoms with Crippen LogP contribution in [0.3, 0.4) is 0 Å². The van der Waals surface area contributed by atoms with Crippen LogP contribution in [0.5, 0.6) is 0 Å². The van der Waals surface area contributed by atoms with E-state index >= 15 is 0 Å². The third-order valence-electron chi connectivity index (χ3n) is 2.92. The molecular weight excluding hydrogens is 312 g/mol. The van der Waals surface area contributed by atoms with E-state index in [1.54, 1.807) is 22.7 Å². The SMILES string of the molecule is COCCn1ncc(Br)c1C(O)c1cc(C)nn1C. The van der Waals surface area contributed by atoms with E-state index in [-0.39, 0.29) is 0 Å². The molecule has 2 rings (SSSR count). The van der Waals surface area contributed by atoms with E-state index in [4.69, 9.17) is 4.74 Å². The van der Waals surface area contributed by atoms with Gasteiger partial charge in [0, 0.05) is 14.2 Å². The number of aliphatic hydroxyl groups is 1. The van der Waals surface area contributed by atoms with E-state index in [0.29, 0.717) is 18.8 Å². The fourth-order valence-corrected chi connectivity index (χ4v) is 2.54. The molecule has 0 aliphatic carbocycles. The van der Waals surface area contributed by atoms with Crippen LogP contribution in [-0.4, -0.2) is 38.4 Å². The van der Waals surface area contributed by atoms with Gasteiger partial charge in [0.2, 0.25) is 0 Å². The normalized spacial score (nSPS) is 12.9. The second kappa shape index (κ2) is 5.85. The highest BCUT2D eigenvalue weighted by Crippen LogP contribution is 2.28. The van der Waals surface area contributed by atoms with Gasteiger partial charge in [-0.3, -0.25) is 9.36 Å². The second-order valence-electron chi connectivity index (χ2n) is 4.33. The molecule has 0 bridgehead atoms. The van der Waals surface area contributed by atoms with Gasteiger partial charge in [0.1, 0.15) is 6.10 Å². The minimum atomic E-state index is -0.778. The lowest BCUT2D eigenvalue weighted by molar-refractivity contribution is 0.168. The van der Waals surface area contributed by atoms with Gasteiger partial charge in [-0.05, 0) is 28.9 Å². The van der Waals surface area contributed by atoms with Crippen molar-refractivity contribution in [3.05, 3.63) is 33.8 Å². The molecule has 0 aliphatic rings.